The first-order valence-corrected chi connectivity index (χ1v) is 9.94. The highest BCUT2D eigenvalue weighted by molar-refractivity contribution is 6.09. The van der Waals surface area contributed by atoms with Crippen molar-refractivity contribution in [2.75, 3.05) is 26.0 Å². The molecule has 29 heavy (non-hydrogen) atoms. The Bertz CT molecular complexity index is 1110. The summed E-state index contributed by atoms with van der Waals surface area (Å²) in [5, 5.41) is 5.10. The van der Waals surface area contributed by atoms with Crippen molar-refractivity contribution in [3.05, 3.63) is 23.3 Å². The minimum absolute atomic E-state index is 0.0738. The van der Waals surface area contributed by atoms with Crippen LogP contribution in [0.15, 0.2) is 10.9 Å². The van der Waals surface area contributed by atoms with Gasteiger partial charge in [0, 0.05) is 36.9 Å². The number of nitrogens with two attached hydrogens (primary N) is 1. The van der Waals surface area contributed by atoms with E-state index in [0.29, 0.717) is 42.5 Å². The van der Waals surface area contributed by atoms with E-state index < -0.39 is 0 Å². The van der Waals surface area contributed by atoms with E-state index in [2.05, 4.69) is 33.5 Å². The van der Waals surface area contributed by atoms with E-state index in [-0.39, 0.29) is 17.9 Å². The summed E-state index contributed by atoms with van der Waals surface area (Å²) in [6.45, 7) is 5.52. The maximum absolute atomic E-state index is 13.5. The van der Waals surface area contributed by atoms with Crippen LogP contribution in [0.5, 0.6) is 0 Å². The zero-order chi connectivity index (χ0) is 20.3. The number of fused-ring (bicyclic) bond motifs is 5. The molecule has 0 aromatic carbocycles. The van der Waals surface area contributed by atoms with E-state index in [1.54, 1.807) is 12.0 Å². The lowest BCUT2D eigenvalue weighted by Gasteiger charge is -2.23. The first-order valence-electron chi connectivity index (χ1n) is 9.94. The largest absolute Gasteiger partial charge is 0.383 e. The van der Waals surface area contributed by atoms with Crippen LogP contribution in [-0.4, -0.2) is 50.8 Å². The highest BCUT2D eigenvalue weighted by atomic mass is 16.5. The molecule has 1 aliphatic heterocycles. The van der Waals surface area contributed by atoms with Crippen molar-refractivity contribution < 1.29 is 14.1 Å². The fraction of sp³-hybridized carbons (Fsp3) is 0.500. The van der Waals surface area contributed by atoms with Gasteiger partial charge in [0.2, 0.25) is 0 Å². The van der Waals surface area contributed by atoms with Gasteiger partial charge in [-0.1, -0.05) is 5.16 Å². The lowest BCUT2D eigenvalue weighted by molar-refractivity contribution is 0.0677. The maximum atomic E-state index is 13.5. The molecule has 4 heterocycles. The quantitative estimate of drug-likeness (QED) is 0.705. The number of anilines is 1. The zero-order valence-corrected chi connectivity index (χ0v) is 16.8. The second-order valence-corrected chi connectivity index (χ2v) is 8.01. The number of carbonyl (C=O) groups excluding carboxylic acids is 1. The summed E-state index contributed by atoms with van der Waals surface area (Å²) >= 11 is 0. The maximum Gasteiger partial charge on any atom is 0.260 e. The third kappa shape index (κ3) is 2.64. The Morgan fingerprint density at radius 2 is 2.10 bits per heavy atom. The fourth-order valence-corrected chi connectivity index (χ4v) is 4.27. The van der Waals surface area contributed by atoms with Crippen molar-refractivity contribution in [1.29, 1.82) is 0 Å². The number of carbonyl (C=O) groups is 1. The van der Waals surface area contributed by atoms with Gasteiger partial charge in [0.15, 0.2) is 5.76 Å². The first-order chi connectivity index (χ1) is 14.0. The predicted octanol–water partition coefficient (Wildman–Crippen LogP) is 2.73. The molecule has 1 fully saturated rings. The van der Waals surface area contributed by atoms with E-state index in [4.69, 9.17) is 15.0 Å². The van der Waals surface area contributed by atoms with Crippen LogP contribution in [0.25, 0.3) is 22.3 Å². The van der Waals surface area contributed by atoms with Crippen LogP contribution >= 0.6 is 0 Å². The highest BCUT2D eigenvalue weighted by Gasteiger charge is 2.41. The molecular weight excluding hydrogens is 372 g/mol. The second kappa shape index (κ2) is 6.55. The van der Waals surface area contributed by atoms with Crippen molar-refractivity contribution in [3.63, 3.8) is 0 Å². The number of rotatable bonds is 5. The van der Waals surface area contributed by atoms with E-state index in [1.807, 2.05) is 0 Å². The van der Waals surface area contributed by atoms with Gasteiger partial charge in [0.25, 0.3) is 5.91 Å². The molecule has 0 unspecified atom stereocenters. The van der Waals surface area contributed by atoms with Crippen LogP contribution in [0.3, 0.4) is 0 Å². The van der Waals surface area contributed by atoms with Gasteiger partial charge >= 0.3 is 0 Å². The Morgan fingerprint density at radius 3 is 2.79 bits per heavy atom. The van der Waals surface area contributed by atoms with Crippen molar-refractivity contribution in [2.24, 2.45) is 0 Å². The summed E-state index contributed by atoms with van der Waals surface area (Å²) in [7, 11) is 1.63. The van der Waals surface area contributed by atoms with Gasteiger partial charge in [0.05, 0.1) is 18.5 Å². The standard InChI is InChI=1S/C20H24N6O3/c1-10(2)26-12-8-25(6-7-28-3)20(27)15-16(24-29-17(15)11-4-5-11)13(12)14-18(21)22-9-23-19(14)26/h9-11H,4-8H2,1-3H3,(H2,21,22,23). The van der Waals surface area contributed by atoms with Crippen molar-refractivity contribution >= 4 is 22.8 Å². The lowest BCUT2D eigenvalue weighted by atomic mass is 10.0. The van der Waals surface area contributed by atoms with Crippen LogP contribution in [0.1, 0.15) is 60.5 Å². The third-order valence-corrected chi connectivity index (χ3v) is 5.74. The SMILES string of the molecule is COCCN1Cc2c(c3c(N)ncnc3n2C(C)C)-c2noc(C3CC3)c2C1=O. The molecule has 3 aromatic heterocycles. The Hall–Kier alpha value is -2.94. The average molecular weight is 396 g/mol. The average Bonchev–Trinajstić information content (AvgIpc) is 3.37. The monoisotopic (exact) mass is 396 g/mol. The van der Waals surface area contributed by atoms with Gasteiger partial charge < -0.3 is 24.5 Å². The third-order valence-electron chi connectivity index (χ3n) is 5.74. The molecule has 0 spiro atoms. The molecule has 0 bridgehead atoms. The van der Waals surface area contributed by atoms with Gasteiger partial charge in [-0.3, -0.25) is 4.79 Å². The first kappa shape index (κ1) is 18.1. The zero-order valence-electron chi connectivity index (χ0n) is 16.8. The number of hydrogen-bond acceptors (Lipinski definition) is 7. The number of ether oxygens (including phenoxy) is 1. The fourth-order valence-electron chi connectivity index (χ4n) is 4.27. The van der Waals surface area contributed by atoms with Crippen molar-refractivity contribution in [1.82, 2.24) is 24.6 Å². The van der Waals surface area contributed by atoms with E-state index in [0.717, 1.165) is 35.1 Å². The van der Waals surface area contributed by atoms with Crippen LogP contribution in [0.2, 0.25) is 0 Å². The summed E-state index contributed by atoms with van der Waals surface area (Å²) in [6.07, 6.45) is 3.50. The summed E-state index contributed by atoms with van der Waals surface area (Å²) in [5.41, 5.74) is 9.90. The van der Waals surface area contributed by atoms with Crippen LogP contribution in [0.4, 0.5) is 5.82 Å². The van der Waals surface area contributed by atoms with Crippen molar-refractivity contribution in [2.45, 2.75) is 45.2 Å². The number of amides is 1. The predicted molar refractivity (Wildman–Crippen MR) is 106 cm³/mol. The van der Waals surface area contributed by atoms with Crippen molar-refractivity contribution in [3.8, 4) is 11.3 Å². The minimum Gasteiger partial charge on any atom is -0.383 e. The number of nitrogen functional groups attached to an aromatic ring is 1. The Balaban J connectivity index is 1.84. The van der Waals surface area contributed by atoms with Gasteiger partial charge in [-0.15, -0.1) is 0 Å². The highest BCUT2D eigenvalue weighted by Crippen LogP contribution is 2.48. The molecule has 9 heteroatoms. The Kier molecular flexibility index (Phi) is 4.09. The lowest BCUT2D eigenvalue weighted by Crippen LogP contribution is -2.33. The molecule has 1 amide bonds. The van der Waals surface area contributed by atoms with E-state index >= 15 is 0 Å². The molecule has 0 radical (unpaired) electrons. The molecule has 0 atom stereocenters. The molecule has 1 aliphatic carbocycles. The van der Waals surface area contributed by atoms with Gasteiger partial charge in [-0.25, -0.2) is 9.97 Å². The van der Waals surface area contributed by atoms with E-state index in [9.17, 15) is 4.79 Å². The Labute approximate surface area is 167 Å². The molecule has 0 saturated heterocycles. The number of aromatic nitrogens is 4. The molecule has 2 aliphatic rings. The number of nitrogens with zero attached hydrogens (tertiary/aromatic N) is 5. The minimum atomic E-state index is -0.0738. The summed E-state index contributed by atoms with van der Waals surface area (Å²) in [5.74, 6) is 1.25. The van der Waals surface area contributed by atoms with Gasteiger partial charge in [-0.05, 0) is 26.7 Å². The van der Waals surface area contributed by atoms with Gasteiger partial charge in [-0.2, -0.15) is 0 Å². The number of hydrogen-bond donors (Lipinski definition) is 1. The van der Waals surface area contributed by atoms with Crippen LogP contribution in [0, 0.1) is 0 Å². The Morgan fingerprint density at radius 1 is 1.31 bits per heavy atom. The number of methoxy groups -OCH3 is 1. The van der Waals surface area contributed by atoms with Gasteiger partial charge in [0.1, 0.15) is 29.0 Å². The molecule has 152 valence electrons. The van der Waals surface area contributed by atoms with E-state index in [1.165, 1.54) is 6.33 Å². The van der Waals surface area contributed by atoms with Crippen LogP contribution in [-0.2, 0) is 11.3 Å². The molecule has 5 rings (SSSR count). The summed E-state index contributed by atoms with van der Waals surface area (Å²) in [4.78, 5) is 24.1. The molecule has 3 aromatic rings. The molecular formula is C20H24N6O3. The molecule has 1 saturated carbocycles. The van der Waals surface area contributed by atoms with Crippen LogP contribution < -0.4 is 5.73 Å². The molecule has 9 nitrogen and oxygen atoms in total. The summed E-state index contributed by atoms with van der Waals surface area (Å²) < 4.78 is 13.1. The second-order valence-electron chi connectivity index (χ2n) is 8.01. The normalized spacial score (nSPS) is 16.4. The molecule has 2 N–H and O–H groups in total. The smallest absolute Gasteiger partial charge is 0.260 e. The summed E-state index contributed by atoms with van der Waals surface area (Å²) in [6, 6.07) is 0.117. The topological polar surface area (TPSA) is 112 Å².